The van der Waals surface area contributed by atoms with Crippen molar-refractivity contribution in [2.24, 2.45) is 0 Å². The number of hydrogen-bond acceptors (Lipinski definition) is 5. The summed E-state index contributed by atoms with van der Waals surface area (Å²) in [6, 6.07) is 7.54. The molecule has 0 N–H and O–H groups in total. The van der Waals surface area contributed by atoms with Crippen LogP contribution < -0.4 is 9.47 Å². The lowest BCUT2D eigenvalue weighted by Crippen LogP contribution is -2.38. The van der Waals surface area contributed by atoms with Crippen molar-refractivity contribution in [3.63, 3.8) is 0 Å². The molecule has 0 spiro atoms. The van der Waals surface area contributed by atoms with Crippen LogP contribution in [-0.4, -0.2) is 55.4 Å². The van der Waals surface area contributed by atoms with E-state index in [1.165, 1.54) is 0 Å². The summed E-state index contributed by atoms with van der Waals surface area (Å²) in [6.07, 6.45) is 0.0655. The van der Waals surface area contributed by atoms with Gasteiger partial charge in [0.05, 0.1) is 29.9 Å². The molecule has 24 heavy (non-hydrogen) atoms. The van der Waals surface area contributed by atoms with E-state index in [-0.39, 0.29) is 6.10 Å². The van der Waals surface area contributed by atoms with E-state index < -0.39 is 0 Å². The fourth-order valence-electron chi connectivity index (χ4n) is 2.69. The molecular formula is C18H23ClN2O3. The van der Waals surface area contributed by atoms with Gasteiger partial charge in [-0.05, 0) is 26.0 Å². The molecule has 0 aliphatic carbocycles. The molecule has 0 bridgehead atoms. The van der Waals surface area contributed by atoms with Crippen LogP contribution in [0.25, 0.3) is 10.9 Å². The first-order chi connectivity index (χ1) is 11.6. The lowest BCUT2D eigenvalue weighted by molar-refractivity contribution is 0.0320. The standard InChI is InChI=1S/C18H23ClN2O3/c1-13(2)24-16-12-17(20-18-14(16)4-3-5-15(18)19)23-11-8-21-6-9-22-10-7-21/h3-5,12-13H,6-11H2,1-2H3. The summed E-state index contributed by atoms with van der Waals surface area (Å²) in [5, 5.41) is 1.50. The molecule has 5 nitrogen and oxygen atoms in total. The van der Waals surface area contributed by atoms with Crippen molar-refractivity contribution in [3.8, 4) is 11.6 Å². The molecule has 130 valence electrons. The average Bonchev–Trinajstić information content (AvgIpc) is 2.56. The van der Waals surface area contributed by atoms with E-state index in [0.29, 0.717) is 23.0 Å². The number of pyridine rings is 1. The van der Waals surface area contributed by atoms with E-state index in [0.717, 1.165) is 44.0 Å². The molecule has 0 radical (unpaired) electrons. The van der Waals surface area contributed by atoms with Crippen LogP contribution in [0.1, 0.15) is 13.8 Å². The Hall–Kier alpha value is -1.56. The van der Waals surface area contributed by atoms with Crippen LogP contribution in [0, 0.1) is 0 Å². The van der Waals surface area contributed by atoms with Gasteiger partial charge >= 0.3 is 0 Å². The third-order valence-corrected chi connectivity index (χ3v) is 4.16. The lowest BCUT2D eigenvalue weighted by Gasteiger charge is -2.26. The van der Waals surface area contributed by atoms with Crippen molar-refractivity contribution >= 4 is 22.5 Å². The number of halogens is 1. The Bertz CT molecular complexity index is 687. The van der Waals surface area contributed by atoms with Gasteiger partial charge in [-0.2, -0.15) is 0 Å². The third-order valence-electron chi connectivity index (χ3n) is 3.85. The van der Waals surface area contributed by atoms with Gasteiger partial charge in [0.15, 0.2) is 0 Å². The fourth-order valence-corrected chi connectivity index (χ4v) is 2.91. The van der Waals surface area contributed by atoms with Crippen molar-refractivity contribution in [2.45, 2.75) is 20.0 Å². The van der Waals surface area contributed by atoms with Crippen LogP contribution in [0.15, 0.2) is 24.3 Å². The van der Waals surface area contributed by atoms with E-state index in [1.807, 2.05) is 38.1 Å². The predicted octanol–water partition coefficient (Wildman–Crippen LogP) is 3.39. The van der Waals surface area contributed by atoms with Crippen LogP contribution in [0.4, 0.5) is 0 Å². The minimum absolute atomic E-state index is 0.0655. The highest BCUT2D eigenvalue weighted by Crippen LogP contribution is 2.33. The summed E-state index contributed by atoms with van der Waals surface area (Å²) < 4.78 is 17.1. The van der Waals surface area contributed by atoms with Gasteiger partial charge in [0.25, 0.3) is 0 Å². The van der Waals surface area contributed by atoms with Crippen molar-refractivity contribution in [1.29, 1.82) is 0 Å². The number of hydrogen-bond donors (Lipinski definition) is 0. The first kappa shape index (κ1) is 17.3. The average molecular weight is 351 g/mol. The van der Waals surface area contributed by atoms with Gasteiger partial charge in [0.1, 0.15) is 12.4 Å². The van der Waals surface area contributed by atoms with Gasteiger partial charge in [-0.3, -0.25) is 4.90 Å². The van der Waals surface area contributed by atoms with Crippen molar-refractivity contribution in [3.05, 3.63) is 29.3 Å². The topological polar surface area (TPSA) is 43.8 Å². The van der Waals surface area contributed by atoms with Gasteiger partial charge in [-0.1, -0.05) is 17.7 Å². The molecule has 2 heterocycles. The Morgan fingerprint density at radius 3 is 2.83 bits per heavy atom. The summed E-state index contributed by atoms with van der Waals surface area (Å²) in [7, 11) is 0. The zero-order valence-electron chi connectivity index (χ0n) is 14.1. The molecule has 3 rings (SSSR count). The maximum Gasteiger partial charge on any atom is 0.217 e. The van der Waals surface area contributed by atoms with Gasteiger partial charge in [-0.25, -0.2) is 4.98 Å². The second-order valence-corrected chi connectivity index (χ2v) is 6.47. The molecule has 1 fully saturated rings. The molecule has 2 aromatic rings. The number of nitrogens with zero attached hydrogens (tertiary/aromatic N) is 2. The first-order valence-corrected chi connectivity index (χ1v) is 8.70. The lowest BCUT2D eigenvalue weighted by atomic mass is 10.2. The Morgan fingerprint density at radius 1 is 1.29 bits per heavy atom. The van der Waals surface area contributed by atoms with E-state index in [9.17, 15) is 0 Å². The molecule has 1 aliphatic rings. The number of para-hydroxylation sites is 1. The summed E-state index contributed by atoms with van der Waals surface area (Å²) in [5.74, 6) is 1.29. The number of morpholine rings is 1. The summed E-state index contributed by atoms with van der Waals surface area (Å²) in [6.45, 7) is 8.89. The largest absolute Gasteiger partial charge is 0.490 e. The number of rotatable bonds is 6. The quantitative estimate of drug-likeness (QED) is 0.799. The summed E-state index contributed by atoms with van der Waals surface area (Å²) >= 11 is 6.30. The van der Waals surface area contributed by atoms with Crippen molar-refractivity contribution < 1.29 is 14.2 Å². The second kappa shape index (κ2) is 8.01. The third kappa shape index (κ3) is 4.29. The fraction of sp³-hybridized carbons (Fsp3) is 0.500. The Balaban J connectivity index is 1.75. The summed E-state index contributed by atoms with van der Waals surface area (Å²) in [5.41, 5.74) is 0.707. The van der Waals surface area contributed by atoms with Gasteiger partial charge < -0.3 is 14.2 Å². The smallest absolute Gasteiger partial charge is 0.217 e. The van der Waals surface area contributed by atoms with Crippen molar-refractivity contribution in [1.82, 2.24) is 9.88 Å². The molecule has 1 saturated heterocycles. The first-order valence-electron chi connectivity index (χ1n) is 8.32. The SMILES string of the molecule is CC(C)Oc1cc(OCCN2CCOCC2)nc2c(Cl)cccc12. The van der Waals surface area contributed by atoms with E-state index in [2.05, 4.69) is 9.88 Å². The minimum atomic E-state index is 0.0655. The summed E-state index contributed by atoms with van der Waals surface area (Å²) in [4.78, 5) is 6.87. The van der Waals surface area contributed by atoms with Gasteiger partial charge in [-0.15, -0.1) is 0 Å². The van der Waals surface area contributed by atoms with Crippen LogP contribution >= 0.6 is 11.6 Å². The molecule has 0 saturated carbocycles. The van der Waals surface area contributed by atoms with Crippen LogP contribution in [0.2, 0.25) is 5.02 Å². The van der Waals surface area contributed by atoms with Crippen LogP contribution in [-0.2, 0) is 4.74 Å². The highest BCUT2D eigenvalue weighted by atomic mass is 35.5. The Labute approximate surface area is 147 Å². The van der Waals surface area contributed by atoms with Crippen LogP contribution in [0.5, 0.6) is 11.6 Å². The molecular weight excluding hydrogens is 328 g/mol. The van der Waals surface area contributed by atoms with Gasteiger partial charge in [0.2, 0.25) is 5.88 Å². The molecule has 0 atom stereocenters. The molecule has 0 unspecified atom stereocenters. The number of fused-ring (bicyclic) bond motifs is 1. The van der Waals surface area contributed by atoms with E-state index in [1.54, 1.807) is 0 Å². The molecule has 0 amide bonds. The van der Waals surface area contributed by atoms with Crippen LogP contribution in [0.3, 0.4) is 0 Å². The Morgan fingerprint density at radius 2 is 2.08 bits per heavy atom. The zero-order chi connectivity index (χ0) is 16.9. The second-order valence-electron chi connectivity index (χ2n) is 6.06. The molecule has 1 aliphatic heterocycles. The number of benzene rings is 1. The maximum absolute atomic E-state index is 6.30. The Kier molecular flexibility index (Phi) is 5.76. The van der Waals surface area contributed by atoms with Crippen molar-refractivity contribution in [2.75, 3.05) is 39.5 Å². The normalized spacial score (nSPS) is 15.8. The molecule has 1 aromatic carbocycles. The minimum Gasteiger partial charge on any atom is -0.490 e. The van der Waals surface area contributed by atoms with E-state index >= 15 is 0 Å². The number of ether oxygens (including phenoxy) is 3. The monoisotopic (exact) mass is 350 g/mol. The maximum atomic E-state index is 6.30. The highest BCUT2D eigenvalue weighted by molar-refractivity contribution is 6.35. The molecule has 1 aromatic heterocycles. The molecule has 6 heteroatoms. The predicted molar refractivity (Wildman–Crippen MR) is 95.3 cm³/mol. The van der Waals surface area contributed by atoms with Gasteiger partial charge in [0, 0.05) is 31.1 Å². The zero-order valence-corrected chi connectivity index (χ0v) is 14.9. The highest BCUT2D eigenvalue weighted by Gasteiger charge is 2.13. The number of aromatic nitrogens is 1. The van der Waals surface area contributed by atoms with E-state index in [4.69, 9.17) is 25.8 Å².